The molecule has 358 valence electrons. The van der Waals surface area contributed by atoms with Gasteiger partial charge in [-0.1, -0.05) is 183 Å². The lowest BCUT2D eigenvalue weighted by Crippen LogP contribution is -2.37. The van der Waals surface area contributed by atoms with Crippen LogP contribution in [0.4, 0.5) is 0 Å². The maximum atomic E-state index is 12.6. The third kappa shape index (κ3) is 46.9. The van der Waals surface area contributed by atoms with Crippen LogP contribution in [0.1, 0.15) is 194 Å². The second kappa shape index (κ2) is 43.7. The monoisotopic (exact) mass is 890 g/mol. The minimum absolute atomic E-state index is 0.0462. The molecule has 10 heteroatoms. The van der Waals surface area contributed by atoms with Crippen LogP contribution in [0.25, 0.3) is 0 Å². The Morgan fingerprint density at radius 3 is 1.44 bits per heavy atom. The molecule has 0 aliphatic rings. The summed E-state index contributed by atoms with van der Waals surface area (Å²) in [6.07, 6.45) is 55.4. The summed E-state index contributed by atoms with van der Waals surface area (Å²) in [7, 11) is 1.11. The summed E-state index contributed by atoms with van der Waals surface area (Å²) in [4.78, 5) is 37.6. The molecule has 0 saturated heterocycles. The number of hydrogen-bond donors (Lipinski definition) is 0. The number of allylic oxidation sites excluding steroid dienone is 12. The Morgan fingerprint density at radius 2 is 0.952 bits per heavy atom. The zero-order valence-electron chi connectivity index (χ0n) is 40.3. The predicted octanol–water partition coefficient (Wildman–Crippen LogP) is 13.9. The molecule has 0 aliphatic heterocycles. The number of esters is 2. The summed E-state index contributed by atoms with van der Waals surface area (Å²) >= 11 is 0. The molecule has 62 heavy (non-hydrogen) atoms. The largest absolute Gasteiger partial charge is 0.756 e. The van der Waals surface area contributed by atoms with E-state index in [0.717, 1.165) is 51.4 Å². The Kier molecular flexibility index (Phi) is 41.9. The Balaban J connectivity index is 4.23. The number of ether oxygens (including phenoxy) is 2. The fourth-order valence-electron chi connectivity index (χ4n) is 6.40. The molecule has 2 unspecified atom stereocenters. The van der Waals surface area contributed by atoms with Gasteiger partial charge in [0.25, 0.3) is 7.82 Å². The molecule has 0 aromatic heterocycles. The molecule has 0 heterocycles. The molecule has 0 saturated carbocycles. The molecule has 0 spiro atoms. The van der Waals surface area contributed by atoms with Crippen LogP contribution in [0, 0.1) is 0 Å². The predicted molar refractivity (Wildman–Crippen MR) is 259 cm³/mol. The summed E-state index contributed by atoms with van der Waals surface area (Å²) in [6, 6.07) is 0. The van der Waals surface area contributed by atoms with E-state index in [4.69, 9.17) is 18.5 Å². The average Bonchev–Trinajstić information content (AvgIpc) is 3.23. The van der Waals surface area contributed by atoms with Crippen molar-refractivity contribution in [1.29, 1.82) is 0 Å². The van der Waals surface area contributed by atoms with Gasteiger partial charge >= 0.3 is 11.9 Å². The van der Waals surface area contributed by atoms with E-state index in [9.17, 15) is 19.0 Å². The van der Waals surface area contributed by atoms with Gasteiger partial charge in [0.15, 0.2) is 6.10 Å². The van der Waals surface area contributed by atoms with Gasteiger partial charge in [-0.3, -0.25) is 14.2 Å². The molecule has 2 atom stereocenters. The zero-order valence-corrected chi connectivity index (χ0v) is 41.2. The van der Waals surface area contributed by atoms with Crippen LogP contribution < -0.4 is 4.89 Å². The molecular formula is C52H92NO8P. The second-order valence-corrected chi connectivity index (χ2v) is 18.9. The van der Waals surface area contributed by atoms with Gasteiger partial charge in [-0.2, -0.15) is 0 Å². The number of phosphoric acid groups is 1. The van der Waals surface area contributed by atoms with Crippen molar-refractivity contribution >= 4 is 19.8 Å². The van der Waals surface area contributed by atoms with Gasteiger partial charge in [-0.05, 0) is 70.6 Å². The van der Waals surface area contributed by atoms with Gasteiger partial charge in [-0.15, -0.1) is 0 Å². The molecule has 0 aromatic rings. The highest BCUT2D eigenvalue weighted by Gasteiger charge is 2.21. The van der Waals surface area contributed by atoms with E-state index in [-0.39, 0.29) is 26.1 Å². The minimum Gasteiger partial charge on any atom is -0.756 e. The molecule has 0 radical (unpaired) electrons. The van der Waals surface area contributed by atoms with Crippen LogP contribution in [-0.4, -0.2) is 70.0 Å². The normalized spacial score (nSPS) is 14.1. The van der Waals surface area contributed by atoms with Crippen molar-refractivity contribution in [1.82, 2.24) is 0 Å². The maximum Gasteiger partial charge on any atom is 0.306 e. The molecular weight excluding hydrogens is 798 g/mol. The Morgan fingerprint density at radius 1 is 0.516 bits per heavy atom. The van der Waals surface area contributed by atoms with E-state index < -0.39 is 32.5 Å². The lowest BCUT2D eigenvalue weighted by Gasteiger charge is -2.28. The molecule has 0 aromatic carbocycles. The van der Waals surface area contributed by atoms with E-state index in [0.29, 0.717) is 17.4 Å². The second-order valence-electron chi connectivity index (χ2n) is 17.4. The third-order valence-corrected chi connectivity index (χ3v) is 11.2. The number of quaternary nitrogens is 1. The van der Waals surface area contributed by atoms with E-state index in [2.05, 4.69) is 74.6 Å². The quantitative estimate of drug-likeness (QED) is 0.0195. The average molecular weight is 890 g/mol. The van der Waals surface area contributed by atoms with Crippen molar-refractivity contribution in [3.05, 3.63) is 72.9 Å². The number of carbonyl (C=O) groups is 2. The fourth-order valence-corrected chi connectivity index (χ4v) is 7.13. The number of hydrogen-bond acceptors (Lipinski definition) is 8. The van der Waals surface area contributed by atoms with Crippen molar-refractivity contribution in [2.45, 2.75) is 200 Å². The SMILES string of the molecule is CC/C=C\C/C=C\C/C=C\C/C=C\CCC(=O)OC(COC(=O)CCCCCCCCCCCCCCC/C=C\C/C=C\CCCCCCC)COP(=O)([O-])OCC[N+](C)(C)C. The summed E-state index contributed by atoms with van der Waals surface area (Å²) in [5.41, 5.74) is 0. The van der Waals surface area contributed by atoms with Gasteiger partial charge in [0.2, 0.25) is 0 Å². The van der Waals surface area contributed by atoms with Gasteiger partial charge in [0.1, 0.15) is 19.8 Å². The van der Waals surface area contributed by atoms with Crippen molar-refractivity contribution in [2.24, 2.45) is 0 Å². The Labute approximate surface area is 380 Å². The zero-order chi connectivity index (χ0) is 45.7. The summed E-state index contributed by atoms with van der Waals surface area (Å²) in [5.74, 6) is -0.932. The highest BCUT2D eigenvalue weighted by molar-refractivity contribution is 7.45. The highest BCUT2D eigenvalue weighted by Crippen LogP contribution is 2.38. The summed E-state index contributed by atoms with van der Waals surface area (Å²) in [5, 5.41) is 0. The van der Waals surface area contributed by atoms with Crippen LogP contribution in [0.5, 0.6) is 0 Å². The molecule has 9 nitrogen and oxygen atoms in total. The van der Waals surface area contributed by atoms with E-state index in [1.807, 2.05) is 33.3 Å². The van der Waals surface area contributed by atoms with Crippen LogP contribution in [0.3, 0.4) is 0 Å². The van der Waals surface area contributed by atoms with E-state index in [1.165, 1.54) is 109 Å². The van der Waals surface area contributed by atoms with Gasteiger partial charge in [0.05, 0.1) is 27.7 Å². The number of likely N-dealkylation sites (N-methyl/N-ethyl adjacent to an activating group) is 1. The van der Waals surface area contributed by atoms with E-state index >= 15 is 0 Å². The first kappa shape index (κ1) is 59.5. The minimum atomic E-state index is -4.65. The van der Waals surface area contributed by atoms with Crippen molar-refractivity contribution < 1.29 is 42.1 Å². The molecule has 0 bridgehead atoms. The van der Waals surface area contributed by atoms with Crippen molar-refractivity contribution in [3.8, 4) is 0 Å². The van der Waals surface area contributed by atoms with Gasteiger partial charge < -0.3 is 27.9 Å². The first-order chi connectivity index (χ1) is 30.0. The molecule has 0 rings (SSSR count). The lowest BCUT2D eigenvalue weighted by molar-refractivity contribution is -0.870. The number of carbonyl (C=O) groups excluding carboxylic acids is 2. The van der Waals surface area contributed by atoms with Crippen molar-refractivity contribution in [3.63, 3.8) is 0 Å². The first-order valence-electron chi connectivity index (χ1n) is 24.6. The number of rotatable bonds is 44. The number of unbranched alkanes of at least 4 members (excludes halogenated alkanes) is 18. The smallest absolute Gasteiger partial charge is 0.306 e. The molecule has 0 fully saturated rings. The van der Waals surface area contributed by atoms with Crippen LogP contribution in [0.15, 0.2) is 72.9 Å². The third-order valence-electron chi connectivity index (χ3n) is 10.2. The van der Waals surface area contributed by atoms with Crippen LogP contribution >= 0.6 is 7.82 Å². The highest BCUT2D eigenvalue weighted by atomic mass is 31.2. The number of phosphoric ester groups is 1. The number of nitrogens with zero attached hydrogens (tertiary/aromatic N) is 1. The van der Waals surface area contributed by atoms with Crippen LogP contribution in [-0.2, 0) is 32.7 Å². The van der Waals surface area contributed by atoms with Gasteiger partial charge in [-0.25, -0.2) is 0 Å². The summed E-state index contributed by atoms with van der Waals surface area (Å²) < 4.78 is 33.8. The Bertz CT molecular complexity index is 1280. The first-order valence-corrected chi connectivity index (χ1v) is 26.1. The fraction of sp³-hybridized carbons (Fsp3) is 0.731. The maximum absolute atomic E-state index is 12.6. The lowest BCUT2D eigenvalue weighted by atomic mass is 10.0. The molecule has 0 amide bonds. The Hall–Kier alpha value is -2.55. The molecule has 0 aliphatic carbocycles. The molecule has 0 N–H and O–H groups in total. The van der Waals surface area contributed by atoms with Crippen molar-refractivity contribution in [2.75, 3.05) is 47.5 Å². The topological polar surface area (TPSA) is 111 Å². The van der Waals surface area contributed by atoms with Crippen LogP contribution in [0.2, 0.25) is 0 Å². The summed E-state index contributed by atoms with van der Waals surface area (Å²) in [6.45, 7) is 4.01. The standard InChI is InChI=1S/C52H92NO8P/c1-6-8-10-12-14-16-18-20-21-22-23-24-25-26-27-28-29-30-31-33-34-36-38-40-42-44-51(54)58-48-50(49-60-62(56,57)59-47-46-53(3,4)5)61-52(55)45-43-41-39-37-35-32-19-17-15-13-11-9-7-2/h9,11,15,17-18,20,22-23,32,35,39,41,50H,6-8,10,12-14,16,19,21,24-31,33-34,36-38,40,42-49H2,1-5H3/b11-9-,17-15-,20-18-,23-22-,35-32-,41-39-. The van der Waals surface area contributed by atoms with Gasteiger partial charge in [0, 0.05) is 12.8 Å². The van der Waals surface area contributed by atoms with E-state index in [1.54, 1.807) is 0 Å².